The van der Waals surface area contributed by atoms with Crippen LogP contribution in [-0.2, 0) is 9.53 Å². The first-order chi connectivity index (χ1) is 7.97. The fraction of sp³-hybridized carbons (Fsp3) is 0.364. The zero-order valence-corrected chi connectivity index (χ0v) is 11.2. The summed E-state index contributed by atoms with van der Waals surface area (Å²) in [5.41, 5.74) is 5.40. The summed E-state index contributed by atoms with van der Waals surface area (Å²) in [5, 5.41) is -0.401. The average molecular weight is 300 g/mol. The Balaban J connectivity index is 0.00000289. The van der Waals surface area contributed by atoms with Gasteiger partial charge in [0.25, 0.3) is 0 Å². The van der Waals surface area contributed by atoms with E-state index in [-0.39, 0.29) is 31.0 Å². The smallest absolute Gasteiger partial charge is 0.307 e. The molecule has 2 N–H and O–H groups in total. The number of halogens is 4. The Morgan fingerprint density at radius 1 is 1.44 bits per heavy atom. The molecule has 0 amide bonds. The van der Waals surface area contributed by atoms with Gasteiger partial charge in [0.1, 0.15) is 11.6 Å². The van der Waals surface area contributed by atoms with Crippen LogP contribution >= 0.6 is 24.0 Å². The van der Waals surface area contributed by atoms with Gasteiger partial charge in [0, 0.05) is 11.6 Å². The molecule has 0 spiro atoms. The summed E-state index contributed by atoms with van der Waals surface area (Å²) in [5.74, 6) is -2.10. The van der Waals surface area contributed by atoms with Gasteiger partial charge in [0.2, 0.25) is 0 Å². The third-order valence-electron chi connectivity index (χ3n) is 2.14. The van der Waals surface area contributed by atoms with E-state index < -0.39 is 28.7 Å². The van der Waals surface area contributed by atoms with Gasteiger partial charge >= 0.3 is 5.97 Å². The highest BCUT2D eigenvalue weighted by Gasteiger charge is 2.21. The van der Waals surface area contributed by atoms with E-state index in [0.717, 1.165) is 12.1 Å². The molecule has 7 heteroatoms. The molecule has 3 nitrogen and oxygen atoms in total. The van der Waals surface area contributed by atoms with Gasteiger partial charge in [-0.1, -0.05) is 11.6 Å². The molecule has 102 valence electrons. The number of hydrogen-bond acceptors (Lipinski definition) is 3. The molecule has 0 aromatic heterocycles. The van der Waals surface area contributed by atoms with Crippen molar-refractivity contribution in [2.24, 2.45) is 5.73 Å². The van der Waals surface area contributed by atoms with Crippen molar-refractivity contribution in [1.29, 1.82) is 0 Å². The molecular formula is C11H13Cl2F2NO2. The lowest BCUT2D eigenvalue weighted by atomic mass is 10.0. The summed E-state index contributed by atoms with van der Waals surface area (Å²) in [6.07, 6.45) is -0.256. The SMILES string of the molecule is CCOC(=O)C[C@H](N)c1c(F)ccc(F)c1Cl.Cl. The molecular weight excluding hydrogens is 287 g/mol. The standard InChI is InChI=1S/C11H12ClF2NO2.ClH/c1-2-17-9(16)5-8(15)10-6(13)3-4-7(14)11(10)12;/h3-4,8H,2,5,15H2,1H3;1H/t8-;/m0./s1. The number of hydrogen-bond donors (Lipinski definition) is 1. The molecule has 1 aromatic carbocycles. The van der Waals surface area contributed by atoms with E-state index in [0.29, 0.717) is 0 Å². The van der Waals surface area contributed by atoms with E-state index in [1.54, 1.807) is 6.92 Å². The molecule has 0 aliphatic carbocycles. The highest BCUT2D eigenvalue weighted by atomic mass is 35.5. The summed E-state index contributed by atoms with van der Waals surface area (Å²) in [6, 6.07) is 0.789. The van der Waals surface area contributed by atoms with Crippen LogP contribution in [0.5, 0.6) is 0 Å². The van der Waals surface area contributed by atoms with Crippen LogP contribution in [0.3, 0.4) is 0 Å². The van der Waals surface area contributed by atoms with Crippen molar-refractivity contribution in [3.8, 4) is 0 Å². The summed E-state index contributed by atoms with van der Waals surface area (Å²) in [4.78, 5) is 11.2. The minimum atomic E-state index is -1.03. The molecule has 0 unspecified atom stereocenters. The second kappa shape index (κ2) is 7.51. The monoisotopic (exact) mass is 299 g/mol. The first-order valence-corrected chi connectivity index (χ1v) is 5.39. The lowest BCUT2D eigenvalue weighted by molar-refractivity contribution is -0.143. The van der Waals surface area contributed by atoms with Crippen LogP contribution in [-0.4, -0.2) is 12.6 Å². The number of rotatable bonds is 4. The summed E-state index contributed by atoms with van der Waals surface area (Å²) in [6.45, 7) is 1.84. The molecule has 0 saturated heterocycles. The van der Waals surface area contributed by atoms with Crippen LogP contribution in [0.4, 0.5) is 8.78 Å². The molecule has 1 rings (SSSR count). The van der Waals surface area contributed by atoms with Gasteiger partial charge in [-0.2, -0.15) is 0 Å². The minimum absolute atomic E-state index is 0. The maximum absolute atomic E-state index is 13.4. The van der Waals surface area contributed by atoms with Crippen LogP contribution in [0, 0.1) is 11.6 Å². The van der Waals surface area contributed by atoms with Gasteiger partial charge < -0.3 is 10.5 Å². The second-order valence-corrected chi connectivity index (χ2v) is 3.75. The van der Waals surface area contributed by atoms with Crippen molar-refractivity contribution in [2.75, 3.05) is 6.61 Å². The zero-order chi connectivity index (χ0) is 13.0. The van der Waals surface area contributed by atoms with E-state index in [2.05, 4.69) is 4.74 Å². The Labute approximate surface area is 115 Å². The molecule has 0 bridgehead atoms. The van der Waals surface area contributed by atoms with E-state index in [1.807, 2.05) is 0 Å². The molecule has 0 radical (unpaired) electrons. The normalized spacial score (nSPS) is 11.6. The summed E-state index contributed by atoms with van der Waals surface area (Å²) in [7, 11) is 0. The lowest BCUT2D eigenvalue weighted by Gasteiger charge is -2.14. The molecule has 0 aliphatic rings. The largest absolute Gasteiger partial charge is 0.466 e. The number of carbonyl (C=O) groups is 1. The van der Waals surface area contributed by atoms with E-state index in [9.17, 15) is 13.6 Å². The number of nitrogens with two attached hydrogens (primary N) is 1. The molecule has 1 aromatic rings. The van der Waals surface area contributed by atoms with Crippen molar-refractivity contribution in [3.63, 3.8) is 0 Å². The van der Waals surface area contributed by atoms with Crippen molar-refractivity contribution in [3.05, 3.63) is 34.4 Å². The third-order valence-corrected chi connectivity index (χ3v) is 2.53. The third kappa shape index (κ3) is 4.08. The molecule has 0 aliphatic heterocycles. The number of esters is 1. The van der Waals surface area contributed by atoms with Crippen molar-refractivity contribution >= 4 is 30.0 Å². The molecule has 18 heavy (non-hydrogen) atoms. The highest BCUT2D eigenvalue weighted by molar-refractivity contribution is 6.31. The Hall–Kier alpha value is -0.910. The average Bonchev–Trinajstić information content (AvgIpc) is 2.24. The Morgan fingerprint density at radius 2 is 2.00 bits per heavy atom. The molecule has 1 atom stereocenters. The van der Waals surface area contributed by atoms with Crippen LogP contribution in [0.1, 0.15) is 24.9 Å². The number of ether oxygens (including phenoxy) is 1. The van der Waals surface area contributed by atoms with Crippen LogP contribution in [0.15, 0.2) is 12.1 Å². The van der Waals surface area contributed by atoms with E-state index >= 15 is 0 Å². The second-order valence-electron chi connectivity index (χ2n) is 3.37. The Morgan fingerprint density at radius 3 is 2.56 bits per heavy atom. The highest BCUT2D eigenvalue weighted by Crippen LogP contribution is 2.29. The Bertz CT molecular complexity index is 430. The van der Waals surface area contributed by atoms with Crippen LogP contribution in [0.25, 0.3) is 0 Å². The van der Waals surface area contributed by atoms with Crippen LogP contribution in [0.2, 0.25) is 5.02 Å². The van der Waals surface area contributed by atoms with Crippen molar-refractivity contribution in [2.45, 2.75) is 19.4 Å². The van der Waals surface area contributed by atoms with Gasteiger partial charge in [-0.3, -0.25) is 4.79 Å². The van der Waals surface area contributed by atoms with Crippen molar-refractivity contribution < 1.29 is 18.3 Å². The van der Waals surface area contributed by atoms with E-state index in [1.165, 1.54) is 0 Å². The fourth-order valence-electron chi connectivity index (χ4n) is 1.38. The first-order valence-electron chi connectivity index (χ1n) is 5.02. The fourth-order valence-corrected chi connectivity index (χ4v) is 1.68. The zero-order valence-electron chi connectivity index (χ0n) is 9.58. The quantitative estimate of drug-likeness (QED) is 0.687. The Kier molecular flexibility index (Phi) is 7.13. The maximum Gasteiger partial charge on any atom is 0.307 e. The van der Waals surface area contributed by atoms with Gasteiger partial charge in [0.05, 0.1) is 18.1 Å². The molecule has 0 heterocycles. The first kappa shape index (κ1) is 17.1. The van der Waals surface area contributed by atoms with Gasteiger partial charge in [-0.15, -0.1) is 12.4 Å². The topological polar surface area (TPSA) is 52.3 Å². The molecule has 0 fully saturated rings. The van der Waals surface area contributed by atoms with Gasteiger partial charge in [-0.25, -0.2) is 8.78 Å². The summed E-state index contributed by atoms with van der Waals surface area (Å²) < 4.78 is 31.2. The van der Waals surface area contributed by atoms with Crippen LogP contribution < -0.4 is 5.73 Å². The predicted octanol–water partition coefficient (Wildman–Crippen LogP) is 2.99. The van der Waals surface area contributed by atoms with Gasteiger partial charge in [0.15, 0.2) is 0 Å². The minimum Gasteiger partial charge on any atom is -0.466 e. The lowest BCUT2D eigenvalue weighted by Crippen LogP contribution is -2.19. The molecule has 0 saturated carbocycles. The number of carbonyl (C=O) groups excluding carboxylic acids is 1. The maximum atomic E-state index is 13.4. The van der Waals surface area contributed by atoms with Gasteiger partial charge in [-0.05, 0) is 19.1 Å². The van der Waals surface area contributed by atoms with Crippen molar-refractivity contribution in [1.82, 2.24) is 0 Å². The van der Waals surface area contributed by atoms with E-state index in [4.69, 9.17) is 17.3 Å². The summed E-state index contributed by atoms with van der Waals surface area (Å²) >= 11 is 5.61. The number of benzene rings is 1. The predicted molar refractivity (Wildman–Crippen MR) is 66.8 cm³/mol.